The molecule has 0 aromatic carbocycles. The van der Waals surface area contributed by atoms with E-state index in [0.717, 1.165) is 44.9 Å². The first kappa shape index (κ1) is 27.5. The molecule has 0 aromatic rings. The van der Waals surface area contributed by atoms with Crippen LogP contribution in [0.5, 0.6) is 0 Å². The molecule has 182 valence electrons. The predicted molar refractivity (Wildman–Crippen MR) is 126 cm³/mol. The predicted octanol–water partition coefficient (Wildman–Crippen LogP) is 3.41. The summed E-state index contributed by atoms with van der Waals surface area (Å²) in [4.78, 5) is 18.8. The van der Waals surface area contributed by atoms with Crippen molar-refractivity contribution in [3.8, 4) is 0 Å². The third-order valence-corrected chi connectivity index (χ3v) is 5.08. The van der Waals surface area contributed by atoms with E-state index in [1.54, 1.807) is 7.11 Å². The minimum atomic E-state index is -0.472. The first-order valence-corrected chi connectivity index (χ1v) is 11.6. The summed E-state index contributed by atoms with van der Waals surface area (Å²) in [7, 11) is 1.75. The number of hydrogen-bond donors (Lipinski definition) is 2. The minimum Gasteiger partial charge on any atom is -0.444 e. The van der Waals surface area contributed by atoms with Gasteiger partial charge in [0.1, 0.15) is 5.60 Å². The largest absolute Gasteiger partial charge is 0.444 e. The Morgan fingerprint density at radius 2 is 1.77 bits per heavy atom. The summed E-state index contributed by atoms with van der Waals surface area (Å²) in [5.41, 5.74) is -0.421. The normalized spacial score (nSPS) is 17.4. The fraction of sp³-hybridized carbons (Fsp3) is 0.913. The third kappa shape index (κ3) is 11.6. The van der Waals surface area contributed by atoms with Crippen LogP contribution in [0.25, 0.3) is 0 Å². The van der Waals surface area contributed by atoms with Crippen molar-refractivity contribution in [1.82, 2.24) is 15.5 Å². The Bertz CT molecular complexity index is 547. The van der Waals surface area contributed by atoms with E-state index in [1.165, 1.54) is 0 Å². The highest BCUT2D eigenvalue weighted by atomic mass is 16.6. The van der Waals surface area contributed by atoms with Gasteiger partial charge in [-0.05, 0) is 52.4 Å². The monoisotopic (exact) mass is 442 g/mol. The SMILES string of the molecule is CCNC(=NCC(OC)C(C)(C)C)N1CCC(OCCCNC(=O)OC(C)(C)C)CC1. The molecule has 0 bridgehead atoms. The van der Waals surface area contributed by atoms with Gasteiger partial charge in [0.2, 0.25) is 0 Å². The second-order valence-corrected chi connectivity index (χ2v) is 10.1. The maximum absolute atomic E-state index is 11.6. The van der Waals surface area contributed by atoms with E-state index in [9.17, 15) is 4.79 Å². The summed E-state index contributed by atoms with van der Waals surface area (Å²) in [5.74, 6) is 0.953. The van der Waals surface area contributed by atoms with Crippen LogP contribution in [0.1, 0.15) is 67.7 Å². The Kier molecular flexibility index (Phi) is 11.6. The zero-order valence-corrected chi connectivity index (χ0v) is 21.0. The smallest absolute Gasteiger partial charge is 0.407 e. The zero-order valence-electron chi connectivity index (χ0n) is 21.0. The van der Waals surface area contributed by atoms with Crippen LogP contribution in [0, 0.1) is 5.41 Å². The number of aliphatic imine (C=N–C) groups is 1. The highest BCUT2D eigenvalue weighted by Gasteiger charge is 2.26. The van der Waals surface area contributed by atoms with Gasteiger partial charge in [0.25, 0.3) is 0 Å². The number of guanidine groups is 1. The third-order valence-electron chi connectivity index (χ3n) is 5.08. The van der Waals surface area contributed by atoms with Crippen LogP contribution in [0.4, 0.5) is 4.79 Å². The van der Waals surface area contributed by atoms with Gasteiger partial charge in [-0.3, -0.25) is 4.99 Å². The quantitative estimate of drug-likeness (QED) is 0.323. The summed E-state index contributed by atoms with van der Waals surface area (Å²) in [5, 5.41) is 6.18. The number of alkyl carbamates (subject to hydrolysis) is 1. The Labute approximate surface area is 189 Å². The van der Waals surface area contributed by atoms with Crippen molar-refractivity contribution in [2.45, 2.75) is 85.5 Å². The number of likely N-dealkylation sites (tertiary alicyclic amines) is 1. The number of carbonyl (C=O) groups excluding carboxylic acids is 1. The lowest BCUT2D eigenvalue weighted by atomic mass is 9.89. The molecule has 31 heavy (non-hydrogen) atoms. The van der Waals surface area contributed by atoms with Crippen LogP contribution in [0.15, 0.2) is 4.99 Å². The molecule has 1 rings (SSSR count). The highest BCUT2D eigenvalue weighted by Crippen LogP contribution is 2.22. The molecule has 1 saturated heterocycles. The van der Waals surface area contributed by atoms with Gasteiger partial charge < -0.3 is 29.7 Å². The Hall–Kier alpha value is -1.54. The first-order valence-electron chi connectivity index (χ1n) is 11.6. The average Bonchev–Trinajstić information content (AvgIpc) is 2.65. The number of piperidine rings is 1. The Morgan fingerprint density at radius 1 is 1.13 bits per heavy atom. The fourth-order valence-electron chi connectivity index (χ4n) is 3.36. The molecular formula is C23H46N4O4. The van der Waals surface area contributed by atoms with Crippen molar-refractivity contribution in [2.24, 2.45) is 10.4 Å². The second-order valence-electron chi connectivity index (χ2n) is 10.1. The number of rotatable bonds is 9. The Balaban J connectivity index is 2.36. The van der Waals surface area contributed by atoms with Crippen molar-refractivity contribution in [1.29, 1.82) is 0 Å². The van der Waals surface area contributed by atoms with Gasteiger partial charge in [-0.2, -0.15) is 0 Å². The molecule has 0 aromatic heterocycles. The number of nitrogens with zero attached hydrogens (tertiary/aromatic N) is 2. The molecule has 2 N–H and O–H groups in total. The molecule has 1 fully saturated rings. The molecule has 0 spiro atoms. The molecule has 8 heteroatoms. The summed E-state index contributed by atoms with van der Waals surface area (Å²) < 4.78 is 16.9. The lowest BCUT2D eigenvalue weighted by Crippen LogP contribution is -2.47. The van der Waals surface area contributed by atoms with E-state index < -0.39 is 5.60 Å². The number of nitrogens with one attached hydrogen (secondary N) is 2. The maximum Gasteiger partial charge on any atom is 0.407 e. The molecule has 0 aliphatic carbocycles. The van der Waals surface area contributed by atoms with E-state index in [0.29, 0.717) is 19.7 Å². The molecule has 1 aliphatic heterocycles. The van der Waals surface area contributed by atoms with Crippen LogP contribution < -0.4 is 10.6 Å². The van der Waals surface area contributed by atoms with Crippen LogP contribution in [-0.2, 0) is 14.2 Å². The number of hydrogen-bond acceptors (Lipinski definition) is 5. The molecule has 1 heterocycles. The van der Waals surface area contributed by atoms with Gasteiger partial charge >= 0.3 is 6.09 Å². The molecule has 8 nitrogen and oxygen atoms in total. The molecule has 1 atom stereocenters. The van der Waals surface area contributed by atoms with E-state index in [1.807, 2.05) is 20.8 Å². The van der Waals surface area contributed by atoms with E-state index in [2.05, 4.69) is 43.2 Å². The number of ether oxygens (including phenoxy) is 3. The number of amides is 1. The summed E-state index contributed by atoms with van der Waals surface area (Å²) >= 11 is 0. The Morgan fingerprint density at radius 3 is 2.29 bits per heavy atom. The van der Waals surface area contributed by atoms with E-state index in [4.69, 9.17) is 19.2 Å². The van der Waals surface area contributed by atoms with Crippen LogP contribution in [0.2, 0.25) is 0 Å². The van der Waals surface area contributed by atoms with Crippen molar-refractivity contribution < 1.29 is 19.0 Å². The van der Waals surface area contributed by atoms with Crippen molar-refractivity contribution in [3.05, 3.63) is 0 Å². The van der Waals surface area contributed by atoms with Gasteiger partial charge in [-0.25, -0.2) is 4.79 Å². The van der Waals surface area contributed by atoms with Crippen molar-refractivity contribution in [3.63, 3.8) is 0 Å². The summed E-state index contributed by atoms with van der Waals surface area (Å²) in [6, 6.07) is 0. The van der Waals surface area contributed by atoms with E-state index >= 15 is 0 Å². The number of methoxy groups -OCH3 is 1. The lowest BCUT2D eigenvalue weighted by molar-refractivity contribution is 0.0160. The number of carbonyl (C=O) groups is 1. The van der Waals surface area contributed by atoms with Gasteiger partial charge in [-0.15, -0.1) is 0 Å². The van der Waals surface area contributed by atoms with Crippen LogP contribution in [-0.4, -0.2) is 81.2 Å². The lowest BCUT2D eigenvalue weighted by Gasteiger charge is -2.35. The van der Waals surface area contributed by atoms with Gasteiger partial charge in [0, 0.05) is 39.9 Å². The molecule has 1 unspecified atom stereocenters. The standard InChI is InChI=1S/C23H46N4O4/c1-9-24-20(26-17-19(29-8)22(2,3)4)27-14-11-18(12-15-27)30-16-10-13-25-21(28)31-23(5,6)7/h18-19H,9-17H2,1-8H3,(H,24,26)(H,25,28). The minimum absolute atomic E-state index is 0.0503. The maximum atomic E-state index is 11.6. The summed E-state index contributed by atoms with van der Waals surface area (Å²) in [6.07, 6.45) is 2.67. The molecular weight excluding hydrogens is 396 g/mol. The van der Waals surface area contributed by atoms with E-state index in [-0.39, 0.29) is 23.7 Å². The van der Waals surface area contributed by atoms with Crippen molar-refractivity contribution >= 4 is 12.1 Å². The average molecular weight is 443 g/mol. The van der Waals surface area contributed by atoms with Crippen molar-refractivity contribution in [2.75, 3.05) is 46.4 Å². The summed E-state index contributed by atoms with van der Waals surface area (Å²) in [6.45, 7) is 18.7. The van der Waals surface area contributed by atoms with Gasteiger partial charge in [-0.1, -0.05) is 20.8 Å². The molecule has 0 radical (unpaired) electrons. The molecule has 1 amide bonds. The van der Waals surface area contributed by atoms with Crippen LogP contribution >= 0.6 is 0 Å². The topological polar surface area (TPSA) is 84.4 Å². The molecule has 0 saturated carbocycles. The molecule has 1 aliphatic rings. The van der Waals surface area contributed by atoms with Crippen LogP contribution in [0.3, 0.4) is 0 Å². The highest BCUT2D eigenvalue weighted by molar-refractivity contribution is 5.80. The zero-order chi connectivity index (χ0) is 23.5. The van der Waals surface area contributed by atoms with Gasteiger partial charge in [0.15, 0.2) is 5.96 Å². The van der Waals surface area contributed by atoms with Gasteiger partial charge in [0.05, 0.1) is 18.8 Å². The fourth-order valence-corrected chi connectivity index (χ4v) is 3.36. The second kappa shape index (κ2) is 13.1. The first-order chi connectivity index (χ1) is 14.5.